The number of amidine groups is 1. The summed E-state index contributed by atoms with van der Waals surface area (Å²) in [5.41, 5.74) is 3.49. The molecular weight excluding hydrogens is 455 g/mol. The number of hydrogen-bond acceptors (Lipinski definition) is 6. The van der Waals surface area contributed by atoms with Crippen LogP contribution < -0.4 is 4.90 Å². The smallest absolute Gasteiger partial charge is 0.266 e. The average Bonchev–Trinajstić information content (AvgIpc) is 3.44. The van der Waals surface area contributed by atoms with Crippen molar-refractivity contribution < 1.29 is 9.18 Å². The molecule has 33 heavy (non-hydrogen) atoms. The van der Waals surface area contributed by atoms with Crippen LogP contribution in [0.4, 0.5) is 10.1 Å². The van der Waals surface area contributed by atoms with Crippen LogP contribution in [0.2, 0.25) is 0 Å². The summed E-state index contributed by atoms with van der Waals surface area (Å²) in [6.07, 6.45) is 3.50. The Morgan fingerprint density at radius 1 is 1.00 bits per heavy atom. The highest BCUT2D eigenvalue weighted by atomic mass is 32.2. The lowest BCUT2D eigenvalue weighted by Crippen LogP contribution is -2.30. The second-order valence-corrected chi connectivity index (χ2v) is 8.90. The molecule has 1 amide bonds. The third kappa shape index (κ3) is 4.76. The fourth-order valence-corrected chi connectivity index (χ4v) is 5.04. The molecular formula is C25H17FN4OS2. The number of thiazole rings is 1. The summed E-state index contributed by atoms with van der Waals surface area (Å²) < 4.78 is 13.5. The number of carbonyl (C=O) groups excluding carboxylic acids is 1. The lowest BCUT2D eigenvalue weighted by molar-refractivity contribution is -0.113. The molecule has 0 radical (unpaired) electrons. The fourth-order valence-electron chi connectivity index (χ4n) is 3.24. The van der Waals surface area contributed by atoms with Gasteiger partial charge in [-0.3, -0.25) is 14.7 Å². The summed E-state index contributed by atoms with van der Waals surface area (Å²) in [7, 11) is 0. The highest BCUT2D eigenvalue weighted by Gasteiger charge is 2.32. The molecule has 0 N–H and O–H groups in total. The average molecular weight is 473 g/mol. The normalized spacial score (nSPS) is 14.7. The number of hydrogen-bond donors (Lipinski definition) is 0. The lowest BCUT2D eigenvalue weighted by Gasteiger charge is -2.17. The first-order valence-electron chi connectivity index (χ1n) is 10.1. The largest absolute Gasteiger partial charge is 0.283 e. The van der Waals surface area contributed by atoms with Gasteiger partial charge in [-0.15, -0.1) is 11.3 Å². The van der Waals surface area contributed by atoms with Gasteiger partial charge in [0.15, 0.2) is 5.17 Å². The summed E-state index contributed by atoms with van der Waals surface area (Å²) in [5.74, 6) is -0.0762. The monoisotopic (exact) mass is 472 g/mol. The molecule has 5 rings (SSSR count). The van der Waals surface area contributed by atoms with E-state index in [2.05, 4.69) is 15.0 Å². The van der Waals surface area contributed by atoms with E-state index in [1.54, 1.807) is 24.4 Å². The van der Waals surface area contributed by atoms with Gasteiger partial charge in [-0.05, 0) is 48.0 Å². The Hall–Kier alpha value is -3.62. The van der Waals surface area contributed by atoms with E-state index in [9.17, 15) is 9.18 Å². The van der Waals surface area contributed by atoms with Crippen molar-refractivity contribution in [3.63, 3.8) is 0 Å². The zero-order valence-corrected chi connectivity index (χ0v) is 18.9. The molecule has 2 aromatic heterocycles. The van der Waals surface area contributed by atoms with Crippen LogP contribution in [0.5, 0.6) is 0 Å². The molecule has 8 heteroatoms. The SMILES string of the molecule is O=C1/C(=C\c2ccccc2)N=C(SCc2csc(-c3ccccn3)n2)N1c1ccc(F)cc1. The molecule has 5 nitrogen and oxygen atoms in total. The number of thioether (sulfide) groups is 1. The Bertz CT molecular complexity index is 1340. The maximum atomic E-state index is 13.5. The molecule has 0 unspecified atom stereocenters. The standard InChI is InChI=1S/C25H17FN4OS2/c26-18-9-11-20(12-10-18)30-24(31)22(14-17-6-2-1-3-7-17)29-25(30)33-16-19-15-32-23(28-19)21-8-4-5-13-27-21/h1-15H,16H2/b22-14+. The first-order valence-corrected chi connectivity index (χ1v) is 12.0. The van der Waals surface area contributed by atoms with Gasteiger partial charge in [-0.2, -0.15) is 0 Å². The van der Waals surface area contributed by atoms with Crippen LogP contribution in [0.1, 0.15) is 11.3 Å². The van der Waals surface area contributed by atoms with E-state index in [1.807, 2.05) is 53.9 Å². The van der Waals surface area contributed by atoms with Crippen LogP contribution in [0.25, 0.3) is 16.8 Å². The molecule has 1 aliphatic heterocycles. The van der Waals surface area contributed by atoms with E-state index in [-0.39, 0.29) is 11.7 Å². The van der Waals surface area contributed by atoms with Gasteiger partial charge in [-0.1, -0.05) is 48.2 Å². The molecule has 1 aliphatic rings. The van der Waals surface area contributed by atoms with Crippen molar-refractivity contribution in [2.75, 3.05) is 4.90 Å². The van der Waals surface area contributed by atoms with Gasteiger partial charge in [0.25, 0.3) is 5.91 Å². The number of amides is 1. The summed E-state index contributed by atoms with van der Waals surface area (Å²) in [6, 6.07) is 21.1. The number of anilines is 1. The molecule has 0 aliphatic carbocycles. The van der Waals surface area contributed by atoms with Crippen molar-refractivity contribution in [2.24, 2.45) is 4.99 Å². The molecule has 4 aromatic rings. The quantitative estimate of drug-likeness (QED) is 0.333. The van der Waals surface area contributed by atoms with Crippen molar-refractivity contribution >= 4 is 45.9 Å². The molecule has 3 heterocycles. The first kappa shape index (κ1) is 21.2. The van der Waals surface area contributed by atoms with Crippen molar-refractivity contribution in [3.8, 4) is 10.7 Å². The van der Waals surface area contributed by atoms with Gasteiger partial charge in [0, 0.05) is 17.3 Å². The zero-order chi connectivity index (χ0) is 22.6. The number of halogens is 1. The summed E-state index contributed by atoms with van der Waals surface area (Å²) in [5, 5.41) is 3.36. The number of aliphatic imine (C=N–C) groups is 1. The van der Waals surface area contributed by atoms with E-state index in [0.717, 1.165) is 22.0 Å². The number of carbonyl (C=O) groups is 1. The van der Waals surface area contributed by atoms with Crippen molar-refractivity contribution in [1.29, 1.82) is 0 Å². The predicted octanol–water partition coefficient (Wildman–Crippen LogP) is 6.02. The highest BCUT2D eigenvalue weighted by molar-refractivity contribution is 8.13. The van der Waals surface area contributed by atoms with E-state index >= 15 is 0 Å². The molecule has 0 saturated heterocycles. The van der Waals surface area contributed by atoms with Gasteiger partial charge in [0.2, 0.25) is 0 Å². The Morgan fingerprint density at radius 3 is 2.55 bits per heavy atom. The van der Waals surface area contributed by atoms with E-state index < -0.39 is 0 Å². The van der Waals surface area contributed by atoms with Crippen LogP contribution in [0.15, 0.2) is 95.1 Å². The topological polar surface area (TPSA) is 58.5 Å². The van der Waals surface area contributed by atoms with Crippen molar-refractivity contribution in [3.05, 3.63) is 107 Å². The van der Waals surface area contributed by atoms with Crippen LogP contribution >= 0.6 is 23.1 Å². The van der Waals surface area contributed by atoms with Gasteiger partial charge in [0.1, 0.15) is 16.5 Å². The van der Waals surface area contributed by atoms with Crippen LogP contribution in [0.3, 0.4) is 0 Å². The summed E-state index contributed by atoms with van der Waals surface area (Å²) >= 11 is 2.94. The van der Waals surface area contributed by atoms with Gasteiger partial charge in [-0.25, -0.2) is 14.4 Å². The van der Waals surface area contributed by atoms with Crippen LogP contribution in [0, 0.1) is 5.82 Å². The van der Waals surface area contributed by atoms with E-state index in [0.29, 0.717) is 22.3 Å². The number of benzene rings is 2. The van der Waals surface area contributed by atoms with Crippen molar-refractivity contribution in [1.82, 2.24) is 9.97 Å². The maximum Gasteiger partial charge on any atom is 0.283 e. The molecule has 0 spiro atoms. The molecule has 0 saturated carbocycles. The van der Waals surface area contributed by atoms with Crippen LogP contribution in [-0.4, -0.2) is 21.0 Å². The molecule has 0 atom stereocenters. The number of rotatable bonds is 5. The maximum absolute atomic E-state index is 13.5. The second kappa shape index (κ2) is 9.48. The Kier molecular flexibility index (Phi) is 6.10. The van der Waals surface area contributed by atoms with Gasteiger partial charge in [0.05, 0.1) is 17.1 Å². The zero-order valence-electron chi connectivity index (χ0n) is 17.3. The fraction of sp³-hybridized carbons (Fsp3) is 0.0400. The Labute approximate surface area is 198 Å². The lowest BCUT2D eigenvalue weighted by atomic mass is 10.2. The van der Waals surface area contributed by atoms with Gasteiger partial charge >= 0.3 is 0 Å². The molecule has 0 fully saturated rings. The third-order valence-electron chi connectivity index (χ3n) is 4.80. The number of pyridine rings is 1. The summed E-state index contributed by atoms with van der Waals surface area (Å²) in [6.45, 7) is 0. The van der Waals surface area contributed by atoms with Gasteiger partial charge < -0.3 is 0 Å². The highest BCUT2D eigenvalue weighted by Crippen LogP contribution is 2.32. The van der Waals surface area contributed by atoms with Crippen LogP contribution in [-0.2, 0) is 10.5 Å². The predicted molar refractivity (Wildman–Crippen MR) is 132 cm³/mol. The minimum absolute atomic E-state index is 0.250. The number of aromatic nitrogens is 2. The second-order valence-electron chi connectivity index (χ2n) is 7.10. The number of nitrogens with zero attached hydrogens (tertiary/aromatic N) is 4. The van der Waals surface area contributed by atoms with Crippen molar-refractivity contribution in [2.45, 2.75) is 5.75 Å². The Balaban J connectivity index is 1.41. The molecule has 0 bridgehead atoms. The van der Waals surface area contributed by atoms with E-state index in [4.69, 9.17) is 0 Å². The van der Waals surface area contributed by atoms with E-state index in [1.165, 1.54) is 40.1 Å². The molecule has 2 aromatic carbocycles. The minimum atomic E-state index is -0.360. The first-order chi connectivity index (χ1) is 16.2. The molecule has 162 valence electrons. The Morgan fingerprint density at radius 2 is 1.79 bits per heavy atom. The summed E-state index contributed by atoms with van der Waals surface area (Å²) in [4.78, 5) is 28.4. The minimum Gasteiger partial charge on any atom is -0.266 e. The third-order valence-corrected chi connectivity index (χ3v) is 6.69.